The van der Waals surface area contributed by atoms with Gasteiger partial charge in [-0.15, -0.1) is 11.3 Å². The van der Waals surface area contributed by atoms with Crippen LogP contribution >= 0.6 is 27.3 Å². The minimum Gasteiger partial charge on any atom is -0.368 e. The third-order valence-electron chi connectivity index (χ3n) is 1.71. The van der Waals surface area contributed by atoms with Crippen molar-refractivity contribution in [3.63, 3.8) is 0 Å². The lowest BCUT2D eigenvalue weighted by atomic mass is 10.2. The molecular weight excluding hydrogens is 240 g/mol. The van der Waals surface area contributed by atoms with Gasteiger partial charge in [0, 0.05) is 13.1 Å². The predicted molar refractivity (Wildman–Crippen MR) is 51.3 cm³/mol. The second-order valence-corrected chi connectivity index (χ2v) is 5.14. The summed E-state index contributed by atoms with van der Waals surface area (Å²) >= 11 is 4.98. The van der Waals surface area contributed by atoms with Gasteiger partial charge in [0.25, 0.3) is 0 Å². The highest BCUT2D eigenvalue weighted by Crippen LogP contribution is 2.20. The van der Waals surface area contributed by atoms with Gasteiger partial charge in [-0.1, -0.05) is 0 Å². The van der Waals surface area contributed by atoms with E-state index < -0.39 is 0 Å². The fourth-order valence-corrected chi connectivity index (χ4v) is 2.15. The SMILES string of the molecule is Brc1cnc(COC2CNC2)s1. The zero-order valence-electron chi connectivity index (χ0n) is 6.42. The van der Waals surface area contributed by atoms with Crippen LogP contribution in [0.15, 0.2) is 9.98 Å². The van der Waals surface area contributed by atoms with Crippen LogP contribution in [-0.4, -0.2) is 24.2 Å². The van der Waals surface area contributed by atoms with E-state index in [0.29, 0.717) is 12.7 Å². The number of aromatic nitrogens is 1. The van der Waals surface area contributed by atoms with Crippen LogP contribution < -0.4 is 5.32 Å². The summed E-state index contributed by atoms with van der Waals surface area (Å²) in [5.41, 5.74) is 0. The summed E-state index contributed by atoms with van der Waals surface area (Å²) in [7, 11) is 0. The van der Waals surface area contributed by atoms with Crippen LogP contribution in [0, 0.1) is 0 Å². The van der Waals surface area contributed by atoms with Crippen molar-refractivity contribution >= 4 is 27.3 Å². The molecule has 1 fully saturated rings. The lowest BCUT2D eigenvalue weighted by Gasteiger charge is -2.26. The molecule has 0 saturated carbocycles. The predicted octanol–water partition coefficient (Wildman–Crippen LogP) is 1.39. The number of rotatable bonds is 3. The number of nitrogens with one attached hydrogen (secondary N) is 1. The van der Waals surface area contributed by atoms with Crippen molar-refractivity contribution in [3.05, 3.63) is 15.0 Å². The lowest BCUT2D eigenvalue weighted by Crippen LogP contribution is -2.48. The Morgan fingerprint density at radius 3 is 3.08 bits per heavy atom. The lowest BCUT2D eigenvalue weighted by molar-refractivity contribution is 0.00751. The summed E-state index contributed by atoms with van der Waals surface area (Å²) in [5, 5.41) is 4.19. The average molecular weight is 249 g/mol. The van der Waals surface area contributed by atoms with Crippen LogP contribution in [-0.2, 0) is 11.3 Å². The van der Waals surface area contributed by atoms with Gasteiger partial charge < -0.3 is 10.1 Å². The molecule has 1 aromatic rings. The van der Waals surface area contributed by atoms with Crippen LogP contribution in [0.25, 0.3) is 0 Å². The Labute approximate surface area is 83.3 Å². The molecule has 1 aliphatic rings. The maximum absolute atomic E-state index is 5.54. The second-order valence-electron chi connectivity index (χ2n) is 2.65. The van der Waals surface area contributed by atoms with Gasteiger partial charge in [-0.05, 0) is 15.9 Å². The smallest absolute Gasteiger partial charge is 0.119 e. The maximum Gasteiger partial charge on any atom is 0.119 e. The minimum absolute atomic E-state index is 0.396. The van der Waals surface area contributed by atoms with Gasteiger partial charge in [0.1, 0.15) is 5.01 Å². The van der Waals surface area contributed by atoms with Gasteiger partial charge >= 0.3 is 0 Å². The van der Waals surface area contributed by atoms with Crippen molar-refractivity contribution in [1.29, 1.82) is 0 Å². The number of halogens is 1. The monoisotopic (exact) mass is 248 g/mol. The Morgan fingerprint density at radius 2 is 2.58 bits per heavy atom. The maximum atomic E-state index is 5.54. The number of thiazole rings is 1. The highest BCUT2D eigenvalue weighted by Gasteiger charge is 2.17. The molecule has 1 aliphatic heterocycles. The molecule has 1 N–H and O–H groups in total. The zero-order valence-corrected chi connectivity index (χ0v) is 8.82. The summed E-state index contributed by atoms with van der Waals surface area (Å²) < 4.78 is 6.60. The molecule has 0 spiro atoms. The van der Waals surface area contributed by atoms with E-state index in [2.05, 4.69) is 26.2 Å². The van der Waals surface area contributed by atoms with E-state index in [1.807, 2.05) is 6.20 Å². The molecule has 0 bridgehead atoms. The molecular formula is C7H9BrN2OS. The molecule has 0 atom stereocenters. The molecule has 1 saturated heterocycles. The van der Waals surface area contributed by atoms with Gasteiger partial charge in [0.15, 0.2) is 0 Å². The van der Waals surface area contributed by atoms with E-state index in [-0.39, 0.29) is 0 Å². The fourth-order valence-electron chi connectivity index (χ4n) is 0.924. The molecule has 2 heterocycles. The first-order valence-corrected chi connectivity index (χ1v) is 5.38. The number of ether oxygens (including phenoxy) is 1. The number of hydrogen-bond acceptors (Lipinski definition) is 4. The quantitative estimate of drug-likeness (QED) is 0.879. The summed E-state index contributed by atoms with van der Waals surface area (Å²) in [6.45, 7) is 2.60. The highest BCUT2D eigenvalue weighted by atomic mass is 79.9. The first-order chi connectivity index (χ1) is 5.84. The van der Waals surface area contributed by atoms with Gasteiger partial charge in [0.2, 0.25) is 0 Å². The third-order valence-corrected chi connectivity index (χ3v) is 3.16. The molecule has 0 radical (unpaired) electrons. The summed E-state index contributed by atoms with van der Waals surface area (Å²) in [4.78, 5) is 4.17. The van der Waals surface area contributed by atoms with Crippen LogP contribution in [0.2, 0.25) is 0 Å². The van der Waals surface area contributed by atoms with E-state index in [4.69, 9.17) is 4.74 Å². The first kappa shape index (κ1) is 8.62. The van der Waals surface area contributed by atoms with Crippen molar-refractivity contribution in [1.82, 2.24) is 10.3 Å². The number of hydrogen-bond donors (Lipinski definition) is 1. The van der Waals surface area contributed by atoms with Crippen LogP contribution in [0.1, 0.15) is 5.01 Å². The molecule has 0 aromatic carbocycles. The van der Waals surface area contributed by atoms with E-state index in [0.717, 1.165) is 21.9 Å². The number of nitrogens with zero attached hydrogens (tertiary/aromatic N) is 1. The van der Waals surface area contributed by atoms with Crippen LogP contribution in [0.3, 0.4) is 0 Å². The zero-order chi connectivity index (χ0) is 8.39. The minimum atomic E-state index is 0.396. The normalized spacial score (nSPS) is 17.8. The van der Waals surface area contributed by atoms with Gasteiger partial charge in [-0.3, -0.25) is 0 Å². The van der Waals surface area contributed by atoms with E-state index >= 15 is 0 Å². The Balaban J connectivity index is 1.79. The largest absolute Gasteiger partial charge is 0.368 e. The standard InChI is InChI=1S/C7H9BrN2OS/c8-6-3-10-7(12-6)4-11-5-1-9-2-5/h3,5,9H,1-2,4H2. The highest BCUT2D eigenvalue weighted by molar-refractivity contribution is 9.11. The summed E-state index contributed by atoms with van der Waals surface area (Å²) in [6.07, 6.45) is 2.20. The Morgan fingerprint density at radius 1 is 1.75 bits per heavy atom. The third kappa shape index (κ3) is 2.04. The summed E-state index contributed by atoms with van der Waals surface area (Å²) in [6, 6.07) is 0. The first-order valence-electron chi connectivity index (χ1n) is 3.77. The summed E-state index contributed by atoms with van der Waals surface area (Å²) in [5.74, 6) is 0. The van der Waals surface area contributed by atoms with E-state index in [1.54, 1.807) is 11.3 Å². The van der Waals surface area contributed by atoms with Gasteiger partial charge in [-0.2, -0.15) is 0 Å². The van der Waals surface area contributed by atoms with E-state index in [1.165, 1.54) is 0 Å². The van der Waals surface area contributed by atoms with Crippen molar-refractivity contribution in [2.75, 3.05) is 13.1 Å². The molecule has 1 aromatic heterocycles. The van der Waals surface area contributed by atoms with Crippen LogP contribution in [0.4, 0.5) is 0 Å². The van der Waals surface area contributed by atoms with Crippen molar-refractivity contribution in [2.24, 2.45) is 0 Å². The molecule has 0 aliphatic carbocycles. The topological polar surface area (TPSA) is 34.1 Å². The molecule has 2 rings (SSSR count). The Bertz CT molecular complexity index is 262. The van der Waals surface area contributed by atoms with E-state index in [9.17, 15) is 0 Å². The second kappa shape index (κ2) is 3.83. The Hall–Kier alpha value is 0.0300. The molecule has 66 valence electrons. The molecule has 0 unspecified atom stereocenters. The molecule has 0 amide bonds. The van der Waals surface area contributed by atoms with Gasteiger partial charge in [0.05, 0.1) is 22.7 Å². The Kier molecular flexibility index (Phi) is 2.75. The average Bonchev–Trinajstić information content (AvgIpc) is 2.32. The van der Waals surface area contributed by atoms with Crippen molar-refractivity contribution < 1.29 is 4.74 Å². The van der Waals surface area contributed by atoms with Gasteiger partial charge in [-0.25, -0.2) is 4.98 Å². The molecule has 5 heteroatoms. The van der Waals surface area contributed by atoms with Crippen LogP contribution in [0.5, 0.6) is 0 Å². The fraction of sp³-hybridized carbons (Fsp3) is 0.571. The van der Waals surface area contributed by atoms with Crippen molar-refractivity contribution in [3.8, 4) is 0 Å². The molecule has 3 nitrogen and oxygen atoms in total. The van der Waals surface area contributed by atoms with Crippen molar-refractivity contribution in [2.45, 2.75) is 12.7 Å². The molecule has 12 heavy (non-hydrogen) atoms.